The summed E-state index contributed by atoms with van der Waals surface area (Å²) in [5.41, 5.74) is 0.461. The molecule has 0 aliphatic carbocycles. The molecule has 0 radical (unpaired) electrons. The number of carbonyl (C=O) groups is 1. The van der Waals surface area contributed by atoms with E-state index in [1.165, 1.54) is 10.6 Å². The zero-order valence-corrected chi connectivity index (χ0v) is 17.9. The minimum Gasteiger partial charge on any atom is -0.324 e. The molecule has 1 aromatic heterocycles. The van der Waals surface area contributed by atoms with E-state index in [-0.39, 0.29) is 22.8 Å². The Morgan fingerprint density at radius 1 is 1.30 bits per heavy atom. The van der Waals surface area contributed by atoms with Crippen LogP contribution in [0.5, 0.6) is 0 Å². The number of para-hydroxylation sites is 1. The summed E-state index contributed by atoms with van der Waals surface area (Å²) in [7, 11) is 0. The molecule has 1 amide bonds. The van der Waals surface area contributed by atoms with E-state index < -0.39 is 11.7 Å². The summed E-state index contributed by atoms with van der Waals surface area (Å²) < 4.78 is 26.8. The van der Waals surface area contributed by atoms with Crippen molar-refractivity contribution in [3.63, 3.8) is 0 Å². The van der Waals surface area contributed by atoms with E-state index in [9.17, 15) is 18.4 Å². The number of hydrogen-bond acceptors (Lipinski definition) is 5. The zero-order chi connectivity index (χ0) is 21.7. The van der Waals surface area contributed by atoms with Crippen LogP contribution in [0, 0.1) is 0 Å². The van der Waals surface area contributed by atoms with E-state index in [4.69, 9.17) is 11.6 Å². The van der Waals surface area contributed by atoms with Gasteiger partial charge in [0.25, 0.3) is 11.3 Å². The molecule has 0 aliphatic rings. The highest BCUT2D eigenvalue weighted by Crippen LogP contribution is 2.31. The summed E-state index contributed by atoms with van der Waals surface area (Å²) in [4.78, 5) is 29.9. The number of benzene rings is 2. The monoisotopic (exact) mass is 467 g/mol. The topological polar surface area (TPSA) is 64.0 Å². The Bertz CT molecular complexity index is 1150. The maximum atomic E-state index is 12.8. The molecular formula is C20H16ClF2N3O2S2. The predicted molar refractivity (Wildman–Crippen MR) is 119 cm³/mol. The van der Waals surface area contributed by atoms with Crippen molar-refractivity contribution in [2.45, 2.75) is 22.4 Å². The zero-order valence-electron chi connectivity index (χ0n) is 15.5. The number of halogens is 3. The van der Waals surface area contributed by atoms with E-state index >= 15 is 0 Å². The van der Waals surface area contributed by atoms with Gasteiger partial charge >= 0.3 is 0 Å². The number of alkyl halides is 2. The van der Waals surface area contributed by atoms with Gasteiger partial charge in [0, 0.05) is 16.5 Å². The molecule has 10 heteroatoms. The summed E-state index contributed by atoms with van der Waals surface area (Å²) in [5, 5.41) is 3.81. The molecule has 0 saturated carbocycles. The first-order chi connectivity index (χ1) is 14.4. The Balaban J connectivity index is 1.81. The van der Waals surface area contributed by atoms with Gasteiger partial charge in [-0.2, -0.15) is 8.78 Å². The lowest BCUT2D eigenvalue weighted by atomic mass is 10.2. The van der Waals surface area contributed by atoms with Crippen LogP contribution >= 0.6 is 35.1 Å². The molecule has 0 aliphatic heterocycles. The molecule has 0 saturated heterocycles. The molecule has 30 heavy (non-hydrogen) atoms. The second kappa shape index (κ2) is 10.1. The first-order valence-electron chi connectivity index (χ1n) is 8.66. The number of allylic oxidation sites excluding steroid dienone is 1. The van der Waals surface area contributed by atoms with Crippen molar-refractivity contribution >= 4 is 57.6 Å². The molecule has 0 fully saturated rings. The average molecular weight is 468 g/mol. The number of carbonyl (C=O) groups excluding carboxylic acids is 1. The minimum atomic E-state index is -2.60. The van der Waals surface area contributed by atoms with Gasteiger partial charge in [-0.25, -0.2) is 4.98 Å². The van der Waals surface area contributed by atoms with Crippen molar-refractivity contribution in [3.05, 3.63) is 70.5 Å². The van der Waals surface area contributed by atoms with Crippen molar-refractivity contribution in [1.82, 2.24) is 9.55 Å². The standard InChI is InChI=1S/C20H16ClF2N3O2S2/c1-2-9-26-18(28)13-8-7-12(21)10-15(13)25-20(26)29-11-17(27)24-14-5-3-4-6-16(14)30-19(22)23/h2-8,10,19H,1,9,11H2,(H,24,27). The molecule has 0 atom stereocenters. The lowest BCUT2D eigenvalue weighted by molar-refractivity contribution is -0.113. The molecule has 0 bridgehead atoms. The Morgan fingerprint density at radius 3 is 2.80 bits per heavy atom. The van der Waals surface area contributed by atoms with E-state index in [2.05, 4.69) is 16.9 Å². The normalized spacial score (nSPS) is 11.1. The van der Waals surface area contributed by atoms with Gasteiger partial charge in [-0.05, 0) is 30.3 Å². The number of nitrogens with one attached hydrogen (secondary N) is 1. The third kappa shape index (κ3) is 5.41. The van der Waals surface area contributed by atoms with E-state index in [0.717, 1.165) is 11.8 Å². The SMILES string of the molecule is C=CCn1c(SCC(=O)Nc2ccccc2SC(F)F)nc2cc(Cl)ccc2c1=O. The van der Waals surface area contributed by atoms with Crippen LogP contribution in [0.4, 0.5) is 14.5 Å². The van der Waals surface area contributed by atoms with Gasteiger partial charge < -0.3 is 5.32 Å². The Kier molecular flexibility index (Phi) is 7.52. The Morgan fingerprint density at radius 2 is 2.07 bits per heavy atom. The molecule has 156 valence electrons. The number of anilines is 1. The van der Waals surface area contributed by atoms with Crippen LogP contribution in [-0.2, 0) is 11.3 Å². The lowest BCUT2D eigenvalue weighted by Gasteiger charge is -2.13. The highest BCUT2D eigenvalue weighted by Gasteiger charge is 2.15. The van der Waals surface area contributed by atoms with Crippen molar-refractivity contribution in [2.24, 2.45) is 0 Å². The number of thioether (sulfide) groups is 2. The quantitative estimate of drug-likeness (QED) is 0.277. The molecule has 5 nitrogen and oxygen atoms in total. The smallest absolute Gasteiger partial charge is 0.288 e. The van der Waals surface area contributed by atoms with Crippen LogP contribution in [-0.4, -0.2) is 27.0 Å². The molecule has 2 aromatic carbocycles. The van der Waals surface area contributed by atoms with Crippen molar-refractivity contribution < 1.29 is 13.6 Å². The molecule has 0 unspecified atom stereocenters. The van der Waals surface area contributed by atoms with Crippen molar-refractivity contribution in [1.29, 1.82) is 0 Å². The minimum absolute atomic E-state index is 0.0661. The fourth-order valence-corrected chi connectivity index (χ4v) is 4.23. The van der Waals surface area contributed by atoms with Crippen LogP contribution in [0.3, 0.4) is 0 Å². The first kappa shape index (κ1) is 22.3. The number of amides is 1. The van der Waals surface area contributed by atoms with Crippen LogP contribution in [0.25, 0.3) is 10.9 Å². The van der Waals surface area contributed by atoms with E-state index in [1.54, 1.807) is 42.5 Å². The highest BCUT2D eigenvalue weighted by atomic mass is 35.5. The molecule has 1 N–H and O–H groups in total. The molecule has 0 spiro atoms. The van der Waals surface area contributed by atoms with Gasteiger partial charge in [-0.1, -0.05) is 53.3 Å². The third-order valence-corrected chi connectivity index (χ3v) is 5.90. The number of hydrogen-bond donors (Lipinski definition) is 1. The number of rotatable bonds is 8. The van der Waals surface area contributed by atoms with Gasteiger partial charge in [0.15, 0.2) is 5.16 Å². The lowest BCUT2D eigenvalue weighted by Crippen LogP contribution is -2.24. The molecule has 3 rings (SSSR count). The first-order valence-corrected chi connectivity index (χ1v) is 10.9. The second-order valence-corrected chi connectivity index (χ2v) is 8.38. The summed E-state index contributed by atoms with van der Waals surface area (Å²) in [6.07, 6.45) is 1.56. The van der Waals surface area contributed by atoms with Gasteiger partial charge in [-0.15, -0.1) is 6.58 Å². The number of aromatic nitrogens is 2. The van der Waals surface area contributed by atoms with Gasteiger partial charge in [0.1, 0.15) is 0 Å². The highest BCUT2D eigenvalue weighted by molar-refractivity contribution is 8.00. The van der Waals surface area contributed by atoms with Gasteiger partial charge in [-0.3, -0.25) is 14.2 Å². The Hall–Kier alpha value is -2.36. The van der Waals surface area contributed by atoms with E-state index in [1.807, 2.05) is 0 Å². The van der Waals surface area contributed by atoms with Crippen LogP contribution in [0.15, 0.2) is 70.0 Å². The maximum absolute atomic E-state index is 12.8. The summed E-state index contributed by atoms with van der Waals surface area (Å²) in [6, 6.07) is 11.1. The van der Waals surface area contributed by atoms with Crippen LogP contribution in [0.2, 0.25) is 5.02 Å². The van der Waals surface area contributed by atoms with Crippen LogP contribution < -0.4 is 10.9 Å². The van der Waals surface area contributed by atoms with Crippen molar-refractivity contribution in [2.75, 3.05) is 11.1 Å². The Labute approximate surface area is 184 Å². The maximum Gasteiger partial charge on any atom is 0.288 e. The average Bonchev–Trinajstić information content (AvgIpc) is 2.70. The summed E-state index contributed by atoms with van der Waals surface area (Å²) in [6.45, 7) is 3.88. The second-order valence-electron chi connectivity index (χ2n) is 5.97. The third-order valence-electron chi connectivity index (χ3n) is 3.90. The largest absolute Gasteiger partial charge is 0.324 e. The number of fused-ring (bicyclic) bond motifs is 1. The molecule has 3 aromatic rings. The molecular weight excluding hydrogens is 452 g/mol. The number of nitrogens with zero attached hydrogens (tertiary/aromatic N) is 2. The van der Waals surface area contributed by atoms with Crippen LogP contribution in [0.1, 0.15) is 0 Å². The van der Waals surface area contributed by atoms with Gasteiger partial charge in [0.2, 0.25) is 5.91 Å². The van der Waals surface area contributed by atoms with Gasteiger partial charge in [0.05, 0.1) is 22.3 Å². The summed E-state index contributed by atoms with van der Waals surface area (Å²) in [5.74, 6) is -3.07. The predicted octanol–water partition coefficient (Wildman–Crippen LogP) is 5.28. The summed E-state index contributed by atoms with van der Waals surface area (Å²) >= 11 is 7.42. The molecule has 1 heterocycles. The fourth-order valence-electron chi connectivity index (χ4n) is 2.66. The van der Waals surface area contributed by atoms with Crippen molar-refractivity contribution in [3.8, 4) is 0 Å². The van der Waals surface area contributed by atoms with E-state index in [0.29, 0.717) is 38.5 Å². The fraction of sp³-hybridized carbons (Fsp3) is 0.150.